The third kappa shape index (κ3) is 0.956. The highest BCUT2D eigenvalue weighted by Gasteiger charge is 2.30. The molecule has 0 spiro atoms. The monoisotopic (exact) mass is 129 g/mol. The average Bonchev–Trinajstić information content (AvgIpc) is 2.33. The molecule has 2 rings (SSSR count). The summed E-state index contributed by atoms with van der Waals surface area (Å²) in [5.41, 5.74) is 0. The molecule has 2 atom stereocenters. The minimum Gasteiger partial charge on any atom is -0.377 e. The van der Waals surface area contributed by atoms with Gasteiger partial charge in [-0.25, -0.2) is 0 Å². The highest BCUT2D eigenvalue weighted by molar-refractivity contribution is 4.84. The van der Waals surface area contributed by atoms with Crippen molar-refractivity contribution in [1.29, 1.82) is 0 Å². The molecule has 0 bridgehead atoms. The Morgan fingerprint density at radius 2 is 2.33 bits per heavy atom. The third-order valence-electron chi connectivity index (χ3n) is 1.87. The van der Waals surface area contributed by atoms with E-state index in [1.807, 2.05) is 0 Å². The minimum absolute atomic E-state index is 0.332. The van der Waals surface area contributed by atoms with Gasteiger partial charge in [0.05, 0.1) is 32.0 Å². The van der Waals surface area contributed by atoms with E-state index in [2.05, 4.69) is 5.32 Å². The first-order valence-corrected chi connectivity index (χ1v) is 3.39. The third-order valence-corrected chi connectivity index (χ3v) is 1.87. The van der Waals surface area contributed by atoms with Gasteiger partial charge in [0, 0.05) is 6.54 Å². The molecule has 2 heterocycles. The summed E-state index contributed by atoms with van der Waals surface area (Å²) in [4.78, 5) is 0. The van der Waals surface area contributed by atoms with Crippen LogP contribution < -0.4 is 5.32 Å². The maximum Gasteiger partial charge on any atom is 0.0984 e. The number of nitrogens with one attached hydrogen (secondary N) is 1. The van der Waals surface area contributed by atoms with Crippen LogP contribution in [0.5, 0.6) is 0 Å². The molecule has 1 N–H and O–H groups in total. The van der Waals surface area contributed by atoms with Crippen LogP contribution in [0.3, 0.4) is 0 Å². The number of rotatable bonds is 0. The van der Waals surface area contributed by atoms with Crippen molar-refractivity contribution in [3.63, 3.8) is 0 Å². The van der Waals surface area contributed by atoms with Crippen LogP contribution in [-0.2, 0) is 9.47 Å². The fourth-order valence-electron chi connectivity index (χ4n) is 1.34. The zero-order valence-electron chi connectivity index (χ0n) is 5.30. The van der Waals surface area contributed by atoms with Crippen molar-refractivity contribution in [2.24, 2.45) is 0 Å². The molecule has 52 valence electrons. The Hall–Kier alpha value is -0.120. The number of ether oxygens (including phenoxy) is 2. The van der Waals surface area contributed by atoms with E-state index in [-0.39, 0.29) is 0 Å². The SMILES string of the molecule is C1CO[C@@H]2COC[C@@H]2N1. The molecule has 3 heteroatoms. The summed E-state index contributed by atoms with van der Waals surface area (Å²) >= 11 is 0. The fourth-order valence-corrected chi connectivity index (χ4v) is 1.34. The van der Waals surface area contributed by atoms with Gasteiger partial charge in [-0.15, -0.1) is 0 Å². The van der Waals surface area contributed by atoms with Crippen molar-refractivity contribution in [2.75, 3.05) is 26.4 Å². The summed E-state index contributed by atoms with van der Waals surface area (Å²) in [5.74, 6) is 0. The highest BCUT2D eigenvalue weighted by atomic mass is 16.5. The molecule has 2 fully saturated rings. The van der Waals surface area contributed by atoms with E-state index in [1.165, 1.54) is 0 Å². The lowest BCUT2D eigenvalue weighted by Gasteiger charge is -2.24. The summed E-state index contributed by atoms with van der Waals surface area (Å²) in [6, 6.07) is 0.471. The standard InChI is InChI=1S/C6H11NO2/c1-2-9-6-4-8-3-5(6)7-1/h5-7H,1-4H2/t5-,6+/m0/s1. The lowest BCUT2D eigenvalue weighted by Crippen LogP contribution is -2.47. The summed E-state index contributed by atoms with van der Waals surface area (Å²) in [6.45, 7) is 3.41. The number of hydrogen-bond donors (Lipinski definition) is 1. The van der Waals surface area contributed by atoms with E-state index < -0.39 is 0 Å². The first-order chi connectivity index (χ1) is 4.47. The fraction of sp³-hybridized carbons (Fsp3) is 1.00. The molecule has 2 aliphatic heterocycles. The van der Waals surface area contributed by atoms with Gasteiger partial charge in [-0.05, 0) is 0 Å². The van der Waals surface area contributed by atoms with Crippen molar-refractivity contribution in [1.82, 2.24) is 5.32 Å². The molecule has 0 unspecified atom stereocenters. The molecule has 0 amide bonds. The van der Waals surface area contributed by atoms with E-state index in [4.69, 9.17) is 9.47 Å². The van der Waals surface area contributed by atoms with Gasteiger partial charge in [-0.2, -0.15) is 0 Å². The summed E-state index contributed by atoms with van der Waals surface area (Å²) < 4.78 is 10.6. The maximum atomic E-state index is 5.41. The van der Waals surface area contributed by atoms with Gasteiger partial charge in [0.25, 0.3) is 0 Å². The topological polar surface area (TPSA) is 30.5 Å². The molecule has 0 saturated carbocycles. The van der Waals surface area contributed by atoms with Crippen molar-refractivity contribution in [3.05, 3.63) is 0 Å². The van der Waals surface area contributed by atoms with Crippen molar-refractivity contribution in [2.45, 2.75) is 12.1 Å². The zero-order valence-corrected chi connectivity index (χ0v) is 5.30. The molecular weight excluding hydrogens is 118 g/mol. The van der Waals surface area contributed by atoms with Gasteiger partial charge in [-0.3, -0.25) is 0 Å². The van der Waals surface area contributed by atoms with Crippen molar-refractivity contribution in [3.8, 4) is 0 Å². The second-order valence-electron chi connectivity index (χ2n) is 2.51. The number of morpholine rings is 1. The summed E-state index contributed by atoms with van der Waals surface area (Å²) in [7, 11) is 0. The van der Waals surface area contributed by atoms with Crippen molar-refractivity contribution >= 4 is 0 Å². The number of hydrogen-bond acceptors (Lipinski definition) is 3. The normalized spacial score (nSPS) is 42.7. The van der Waals surface area contributed by atoms with Gasteiger partial charge >= 0.3 is 0 Å². The van der Waals surface area contributed by atoms with E-state index in [9.17, 15) is 0 Å². The summed E-state index contributed by atoms with van der Waals surface area (Å²) in [6.07, 6.45) is 0.332. The molecular formula is C6H11NO2. The summed E-state index contributed by atoms with van der Waals surface area (Å²) in [5, 5.41) is 3.33. The van der Waals surface area contributed by atoms with Crippen LogP contribution in [-0.4, -0.2) is 38.5 Å². The van der Waals surface area contributed by atoms with Gasteiger partial charge in [0.2, 0.25) is 0 Å². The van der Waals surface area contributed by atoms with Crippen molar-refractivity contribution < 1.29 is 9.47 Å². The first-order valence-electron chi connectivity index (χ1n) is 3.39. The van der Waals surface area contributed by atoms with E-state index in [0.717, 1.165) is 26.4 Å². The molecule has 2 saturated heterocycles. The molecule has 0 aliphatic carbocycles. The molecule has 0 radical (unpaired) electrons. The van der Waals surface area contributed by atoms with Crippen LogP contribution in [0.15, 0.2) is 0 Å². The smallest absolute Gasteiger partial charge is 0.0984 e. The van der Waals surface area contributed by atoms with Crippen LogP contribution in [0.1, 0.15) is 0 Å². The largest absolute Gasteiger partial charge is 0.377 e. The highest BCUT2D eigenvalue weighted by Crippen LogP contribution is 2.11. The quantitative estimate of drug-likeness (QED) is 0.472. The van der Waals surface area contributed by atoms with Crippen LogP contribution in [0.25, 0.3) is 0 Å². The molecule has 9 heavy (non-hydrogen) atoms. The predicted octanol–water partition coefficient (Wildman–Crippen LogP) is -0.626. The number of fused-ring (bicyclic) bond motifs is 1. The molecule has 0 aromatic carbocycles. The lowest BCUT2D eigenvalue weighted by atomic mass is 10.2. The Morgan fingerprint density at radius 3 is 3.22 bits per heavy atom. The second-order valence-corrected chi connectivity index (χ2v) is 2.51. The van der Waals surface area contributed by atoms with Crippen LogP contribution in [0.4, 0.5) is 0 Å². The zero-order chi connectivity index (χ0) is 6.10. The maximum absolute atomic E-state index is 5.41. The molecule has 0 aromatic rings. The Labute approximate surface area is 54.3 Å². The Balaban J connectivity index is 1.97. The minimum atomic E-state index is 0.332. The van der Waals surface area contributed by atoms with E-state index in [0.29, 0.717) is 12.1 Å². The van der Waals surface area contributed by atoms with Gasteiger partial charge in [0.1, 0.15) is 0 Å². The predicted molar refractivity (Wildman–Crippen MR) is 32.3 cm³/mol. The Bertz CT molecular complexity index is 95.2. The molecule has 3 nitrogen and oxygen atoms in total. The Kier molecular flexibility index (Phi) is 1.41. The second kappa shape index (κ2) is 2.25. The van der Waals surface area contributed by atoms with E-state index in [1.54, 1.807) is 0 Å². The van der Waals surface area contributed by atoms with Gasteiger partial charge in [-0.1, -0.05) is 0 Å². The lowest BCUT2D eigenvalue weighted by molar-refractivity contribution is 0.0115. The average molecular weight is 129 g/mol. The van der Waals surface area contributed by atoms with Gasteiger partial charge in [0.15, 0.2) is 0 Å². The Morgan fingerprint density at radius 1 is 1.33 bits per heavy atom. The van der Waals surface area contributed by atoms with Crippen LogP contribution >= 0.6 is 0 Å². The van der Waals surface area contributed by atoms with Crippen LogP contribution in [0, 0.1) is 0 Å². The van der Waals surface area contributed by atoms with Gasteiger partial charge < -0.3 is 14.8 Å². The first kappa shape index (κ1) is 5.65. The van der Waals surface area contributed by atoms with E-state index >= 15 is 0 Å². The molecule has 0 aromatic heterocycles. The van der Waals surface area contributed by atoms with Crippen LogP contribution in [0.2, 0.25) is 0 Å². The molecule has 2 aliphatic rings.